The highest BCUT2D eigenvalue weighted by Gasteiger charge is 2.41. The van der Waals surface area contributed by atoms with Gasteiger partial charge in [0.1, 0.15) is 0 Å². The van der Waals surface area contributed by atoms with E-state index in [-0.39, 0.29) is 15.2 Å². The van der Waals surface area contributed by atoms with Gasteiger partial charge in [0.15, 0.2) is 0 Å². The van der Waals surface area contributed by atoms with Crippen molar-refractivity contribution in [3.63, 3.8) is 0 Å². The number of allylic oxidation sites excluding steroid dienone is 4. The van der Waals surface area contributed by atoms with Crippen LogP contribution in [0.4, 0.5) is 0 Å². The number of aliphatic hydroxyl groups excluding tert-OH is 1. The Hall–Kier alpha value is -0.126. The van der Waals surface area contributed by atoms with Crippen molar-refractivity contribution in [2.75, 3.05) is 0 Å². The van der Waals surface area contributed by atoms with Crippen molar-refractivity contribution in [3.05, 3.63) is 24.3 Å². The zero-order valence-corrected chi connectivity index (χ0v) is 22.8. The fraction of sp³-hybridized carbons (Fsp3) is 0.852. The molecule has 0 aromatic heterocycles. The third kappa shape index (κ3) is 4.78. The second-order valence-electron chi connectivity index (χ2n) is 12.5. The maximum absolute atomic E-state index is 11.5. The smallest absolute Gasteiger partial charge is 0.0815 e. The van der Waals surface area contributed by atoms with Gasteiger partial charge in [-0.05, 0) is 85.0 Å². The van der Waals surface area contributed by atoms with Gasteiger partial charge in [0, 0.05) is 15.2 Å². The molecular weight excluding hydrogens is 396 g/mol. The van der Waals surface area contributed by atoms with Crippen LogP contribution in [0.25, 0.3) is 0 Å². The number of rotatable bonds is 11. The first-order valence-electron chi connectivity index (χ1n) is 13.3. The summed E-state index contributed by atoms with van der Waals surface area (Å²) in [6, 6.07) is 1.32. The molecule has 0 aromatic carbocycles. The summed E-state index contributed by atoms with van der Waals surface area (Å²) in [6.45, 7) is 12.3. The lowest BCUT2D eigenvalue weighted by atomic mass is 9.85. The molecule has 1 N–H and O–H groups in total. The summed E-state index contributed by atoms with van der Waals surface area (Å²) in [7, 11) is -1.65. The first-order valence-corrected chi connectivity index (χ1v) is 18.8. The molecule has 2 fully saturated rings. The van der Waals surface area contributed by atoms with E-state index >= 15 is 0 Å². The van der Waals surface area contributed by atoms with Crippen LogP contribution < -0.4 is 0 Å². The Balaban J connectivity index is 1.26. The number of aliphatic hydroxyl groups is 1. The molecule has 3 heteroatoms. The molecule has 4 aliphatic rings. The largest absolute Gasteiger partial charge is 0.396 e. The van der Waals surface area contributed by atoms with Crippen molar-refractivity contribution in [1.82, 2.24) is 0 Å². The third-order valence-corrected chi connectivity index (χ3v) is 16.2. The molecule has 2 saturated carbocycles. The summed E-state index contributed by atoms with van der Waals surface area (Å²) < 4.78 is 0. The lowest BCUT2D eigenvalue weighted by molar-refractivity contribution is 0.139. The molecule has 0 heterocycles. The average molecular weight is 445 g/mol. The van der Waals surface area contributed by atoms with E-state index in [4.69, 9.17) is 0 Å². The monoisotopic (exact) mass is 444 g/mol. The molecule has 0 amide bonds. The van der Waals surface area contributed by atoms with Crippen LogP contribution in [0.3, 0.4) is 0 Å². The summed E-state index contributed by atoms with van der Waals surface area (Å²) in [5.74, 6) is 6.62. The van der Waals surface area contributed by atoms with E-state index < -0.39 is 8.07 Å². The fourth-order valence-electron chi connectivity index (χ4n) is 7.85. The Morgan fingerprint density at radius 2 is 1.43 bits per heavy atom. The molecule has 0 saturated heterocycles. The lowest BCUT2D eigenvalue weighted by Crippen LogP contribution is -2.48. The van der Waals surface area contributed by atoms with Crippen molar-refractivity contribution in [1.29, 1.82) is 0 Å². The van der Waals surface area contributed by atoms with E-state index in [1.54, 1.807) is 0 Å². The summed E-state index contributed by atoms with van der Waals surface area (Å²) in [4.78, 5) is 0. The Morgan fingerprint density at radius 1 is 0.867 bits per heavy atom. The van der Waals surface area contributed by atoms with Crippen molar-refractivity contribution in [3.8, 4) is 0 Å². The minimum Gasteiger partial charge on any atom is -0.396 e. The molecular formula is C27H48OSi2. The molecule has 30 heavy (non-hydrogen) atoms. The molecule has 170 valence electrons. The third-order valence-electron chi connectivity index (χ3n) is 10.3. The van der Waals surface area contributed by atoms with Crippen molar-refractivity contribution in [2.45, 2.75) is 95.7 Å². The average Bonchev–Trinajstić information content (AvgIpc) is 3.53. The summed E-state index contributed by atoms with van der Waals surface area (Å²) in [6.07, 6.45) is 20.0. The molecule has 0 spiro atoms. The predicted octanol–water partition coefficient (Wildman–Crippen LogP) is 6.47. The highest BCUT2D eigenvalue weighted by molar-refractivity contribution is 6.78. The molecule has 7 unspecified atom stereocenters. The minimum absolute atomic E-state index is 0.0323. The zero-order chi connectivity index (χ0) is 21.5. The van der Waals surface area contributed by atoms with Crippen LogP contribution in [0.2, 0.25) is 31.2 Å². The molecule has 4 bridgehead atoms. The van der Waals surface area contributed by atoms with Crippen molar-refractivity contribution >= 4 is 17.6 Å². The fourth-order valence-corrected chi connectivity index (χ4v) is 12.8. The van der Waals surface area contributed by atoms with Gasteiger partial charge in [-0.2, -0.15) is 0 Å². The van der Waals surface area contributed by atoms with Crippen LogP contribution in [-0.2, 0) is 0 Å². The van der Waals surface area contributed by atoms with E-state index in [0.717, 1.165) is 41.0 Å². The Kier molecular flexibility index (Phi) is 7.21. The molecule has 4 aliphatic carbocycles. The normalized spacial score (nSPS) is 38.7. The predicted molar refractivity (Wildman–Crippen MR) is 136 cm³/mol. The van der Waals surface area contributed by atoms with Crippen molar-refractivity contribution < 1.29 is 5.11 Å². The number of hydrogen-bond donors (Lipinski definition) is 1. The number of hydrogen-bond acceptors (Lipinski definition) is 1. The van der Waals surface area contributed by atoms with Gasteiger partial charge in [-0.1, -0.05) is 76.7 Å². The molecule has 0 aliphatic heterocycles. The zero-order valence-electron chi connectivity index (χ0n) is 20.4. The van der Waals surface area contributed by atoms with Gasteiger partial charge in [-0.3, -0.25) is 0 Å². The SMILES string of the molecule is C[SiH2]C(CCC1CC2C=CC1C2)[C@H](C)[C@H](C)[C@@H](O)[Si](C)(C)CCC1CC2C=CC1C2. The van der Waals surface area contributed by atoms with Gasteiger partial charge in [0.2, 0.25) is 0 Å². The van der Waals surface area contributed by atoms with Gasteiger partial charge in [-0.25, -0.2) is 0 Å². The Bertz CT molecular complexity index is 641. The van der Waals surface area contributed by atoms with Gasteiger partial charge >= 0.3 is 0 Å². The topological polar surface area (TPSA) is 20.2 Å². The summed E-state index contributed by atoms with van der Waals surface area (Å²) in [5, 5.41) is 11.5. The van der Waals surface area contributed by atoms with Gasteiger partial charge in [0.25, 0.3) is 0 Å². The highest BCUT2D eigenvalue weighted by Crippen LogP contribution is 2.48. The summed E-state index contributed by atoms with van der Waals surface area (Å²) >= 11 is 0. The molecule has 0 aromatic rings. The van der Waals surface area contributed by atoms with Gasteiger partial charge in [-0.15, -0.1) is 0 Å². The Morgan fingerprint density at radius 3 is 1.90 bits per heavy atom. The minimum atomic E-state index is -1.61. The molecule has 1 nitrogen and oxygen atoms in total. The van der Waals surface area contributed by atoms with Gasteiger partial charge in [0.05, 0.1) is 8.07 Å². The first-order chi connectivity index (χ1) is 14.3. The maximum atomic E-state index is 11.5. The highest BCUT2D eigenvalue weighted by atomic mass is 28.3. The Labute approximate surface area is 190 Å². The molecule has 4 rings (SSSR count). The van der Waals surface area contributed by atoms with E-state index in [2.05, 4.69) is 57.8 Å². The van der Waals surface area contributed by atoms with Gasteiger partial charge < -0.3 is 5.11 Å². The van der Waals surface area contributed by atoms with Crippen LogP contribution in [0, 0.1) is 47.3 Å². The quantitative estimate of drug-likeness (QED) is 0.286. The van der Waals surface area contributed by atoms with Crippen LogP contribution in [0.1, 0.15) is 58.8 Å². The van der Waals surface area contributed by atoms with E-state index in [9.17, 15) is 5.11 Å². The molecule has 0 radical (unpaired) electrons. The summed E-state index contributed by atoms with van der Waals surface area (Å²) in [5.41, 5.74) is 0.883. The van der Waals surface area contributed by atoms with Crippen LogP contribution >= 0.6 is 0 Å². The molecule has 10 atom stereocenters. The standard InChI is InChI=1S/C27H48OSi2/c1-18(26(29-3)11-10-24-16-20-6-8-22(24)14-20)19(2)27(28)30(4,5)13-12-25-17-21-7-9-23(25)15-21/h6-9,18-28H,10-17,29H2,1-5H3/t18-,19+,20?,21?,22?,23?,24?,25?,26?,27+/m1/s1. The maximum Gasteiger partial charge on any atom is 0.0815 e. The van der Waals surface area contributed by atoms with Crippen LogP contribution in [-0.4, -0.2) is 28.4 Å². The number of fused-ring (bicyclic) bond motifs is 4. The van der Waals surface area contributed by atoms with E-state index in [1.165, 1.54) is 51.0 Å². The van der Waals surface area contributed by atoms with Crippen LogP contribution in [0.15, 0.2) is 24.3 Å². The van der Waals surface area contributed by atoms with Crippen LogP contribution in [0.5, 0.6) is 0 Å². The van der Waals surface area contributed by atoms with E-state index in [0.29, 0.717) is 11.8 Å². The second kappa shape index (κ2) is 9.39. The first kappa shape index (κ1) is 23.0. The second-order valence-corrected chi connectivity index (χ2v) is 19.5. The van der Waals surface area contributed by atoms with E-state index in [1.807, 2.05) is 0 Å². The lowest BCUT2D eigenvalue weighted by Gasteiger charge is -2.39. The van der Waals surface area contributed by atoms with Crippen molar-refractivity contribution in [2.24, 2.45) is 47.3 Å².